The number of carbonyl (C=O) groups excluding carboxylic acids is 1. The van der Waals surface area contributed by atoms with E-state index in [1.54, 1.807) is 7.11 Å². The van der Waals surface area contributed by atoms with Crippen molar-refractivity contribution in [1.29, 1.82) is 0 Å². The summed E-state index contributed by atoms with van der Waals surface area (Å²) in [5.74, 6) is 0.676. The summed E-state index contributed by atoms with van der Waals surface area (Å²) in [7, 11) is 1.63. The number of thiazole rings is 1. The maximum Gasteiger partial charge on any atom is 0.226 e. The number of aryl methyl sites for hydroxylation is 3. The fourth-order valence-electron chi connectivity index (χ4n) is 3.53. The van der Waals surface area contributed by atoms with E-state index < -0.39 is 0 Å². The Bertz CT molecular complexity index is 1230. The SMILES string of the molecule is COc1ccccc1-c1csc(NC(=O)CCc2c(C)nc3cc(C)nn3c2C)n1. The molecular formula is C22H23N5O2S. The molecule has 0 saturated heterocycles. The van der Waals surface area contributed by atoms with E-state index in [0.717, 1.165) is 45.3 Å². The van der Waals surface area contributed by atoms with Crippen molar-refractivity contribution in [2.75, 3.05) is 12.4 Å². The number of ether oxygens (including phenoxy) is 1. The van der Waals surface area contributed by atoms with Gasteiger partial charge in [-0.15, -0.1) is 11.3 Å². The van der Waals surface area contributed by atoms with Crippen LogP contribution >= 0.6 is 11.3 Å². The van der Waals surface area contributed by atoms with Crippen LogP contribution in [0.5, 0.6) is 5.75 Å². The Morgan fingerprint density at radius 2 is 2.00 bits per heavy atom. The van der Waals surface area contributed by atoms with E-state index in [-0.39, 0.29) is 5.91 Å². The minimum Gasteiger partial charge on any atom is -0.496 e. The molecule has 4 rings (SSSR count). The summed E-state index contributed by atoms with van der Waals surface area (Å²) in [5, 5.41) is 9.89. The molecule has 3 heterocycles. The predicted molar refractivity (Wildman–Crippen MR) is 118 cm³/mol. The Labute approximate surface area is 178 Å². The van der Waals surface area contributed by atoms with E-state index >= 15 is 0 Å². The van der Waals surface area contributed by atoms with Gasteiger partial charge in [0.05, 0.1) is 18.5 Å². The average Bonchev–Trinajstić information content (AvgIpc) is 3.33. The molecule has 1 amide bonds. The molecule has 0 atom stereocenters. The predicted octanol–water partition coefficient (Wildman–Crippen LogP) is 4.36. The quantitative estimate of drug-likeness (QED) is 0.500. The maximum absolute atomic E-state index is 12.5. The third-order valence-electron chi connectivity index (χ3n) is 5.02. The van der Waals surface area contributed by atoms with Gasteiger partial charge in [0.1, 0.15) is 5.75 Å². The number of amides is 1. The summed E-state index contributed by atoms with van der Waals surface area (Å²) < 4.78 is 7.24. The molecule has 7 nitrogen and oxygen atoms in total. The van der Waals surface area contributed by atoms with Crippen molar-refractivity contribution in [3.8, 4) is 17.0 Å². The summed E-state index contributed by atoms with van der Waals surface area (Å²) in [6.45, 7) is 5.94. The topological polar surface area (TPSA) is 81.4 Å². The van der Waals surface area contributed by atoms with E-state index in [1.165, 1.54) is 11.3 Å². The molecule has 1 N–H and O–H groups in total. The number of aromatic nitrogens is 4. The van der Waals surface area contributed by atoms with Gasteiger partial charge in [-0.3, -0.25) is 4.79 Å². The first-order valence-corrected chi connectivity index (χ1v) is 10.6. The smallest absolute Gasteiger partial charge is 0.226 e. The first-order valence-electron chi connectivity index (χ1n) is 9.67. The van der Waals surface area contributed by atoms with Gasteiger partial charge >= 0.3 is 0 Å². The molecule has 0 fully saturated rings. The van der Waals surface area contributed by atoms with E-state index in [0.29, 0.717) is 18.0 Å². The van der Waals surface area contributed by atoms with Gasteiger partial charge in [-0.05, 0) is 44.9 Å². The summed E-state index contributed by atoms with van der Waals surface area (Å²) >= 11 is 1.40. The third-order valence-corrected chi connectivity index (χ3v) is 5.78. The summed E-state index contributed by atoms with van der Waals surface area (Å²) in [6, 6.07) is 9.65. The highest BCUT2D eigenvalue weighted by atomic mass is 32.1. The van der Waals surface area contributed by atoms with Crippen molar-refractivity contribution in [2.45, 2.75) is 33.6 Å². The van der Waals surface area contributed by atoms with Crippen LogP contribution in [0.25, 0.3) is 16.9 Å². The van der Waals surface area contributed by atoms with Gasteiger partial charge in [0, 0.05) is 34.8 Å². The van der Waals surface area contributed by atoms with Gasteiger partial charge in [-0.2, -0.15) is 5.10 Å². The van der Waals surface area contributed by atoms with Crippen LogP contribution in [0, 0.1) is 20.8 Å². The third kappa shape index (κ3) is 3.91. The fraction of sp³-hybridized carbons (Fsp3) is 0.273. The molecule has 30 heavy (non-hydrogen) atoms. The standard InChI is InChI=1S/C22H23N5O2S/c1-13-11-20-23-14(2)16(15(3)27(20)26-13)9-10-21(28)25-22-24-18(12-30-22)17-7-5-6-8-19(17)29-4/h5-8,11-12H,9-10H2,1-4H3,(H,24,25,28). The number of carbonyl (C=O) groups is 1. The Balaban J connectivity index is 1.45. The van der Waals surface area contributed by atoms with Crippen LogP contribution in [-0.2, 0) is 11.2 Å². The van der Waals surface area contributed by atoms with Crippen LogP contribution in [0.15, 0.2) is 35.7 Å². The molecule has 0 unspecified atom stereocenters. The Hall–Kier alpha value is -3.26. The molecule has 0 aliphatic carbocycles. The Morgan fingerprint density at radius 1 is 1.20 bits per heavy atom. The number of fused-ring (bicyclic) bond motifs is 1. The zero-order chi connectivity index (χ0) is 21.3. The maximum atomic E-state index is 12.5. The van der Waals surface area contributed by atoms with E-state index in [2.05, 4.69) is 20.4 Å². The highest BCUT2D eigenvalue weighted by Crippen LogP contribution is 2.32. The fourth-order valence-corrected chi connectivity index (χ4v) is 4.26. The Morgan fingerprint density at radius 3 is 2.80 bits per heavy atom. The molecular weight excluding hydrogens is 398 g/mol. The lowest BCUT2D eigenvalue weighted by molar-refractivity contribution is -0.116. The van der Waals surface area contributed by atoms with E-state index in [4.69, 9.17) is 4.74 Å². The first-order chi connectivity index (χ1) is 14.5. The van der Waals surface area contributed by atoms with Gasteiger partial charge in [-0.25, -0.2) is 14.5 Å². The van der Waals surface area contributed by atoms with Gasteiger partial charge in [0.2, 0.25) is 5.91 Å². The van der Waals surface area contributed by atoms with Crippen LogP contribution in [-0.4, -0.2) is 32.6 Å². The second-order valence-electron chi connectivity index (χ2n) is 7.10. The highest BCUT2D eigenvalue weighted by molar-refractivity contribution is 7.14. The average molecular weight is 422 g/mol. The number of hydrogen-bond donors (Lipinski definition) is 1. The van der Waals surface area contributed by atoms with Crippen LogP contribution < -0.4 is 10.1 Å². The number of nitrogens with one attached hydrogen (secondary N) is 1. The molecule has 0 spiro atoms. The lowest BCUT2D eigenvalue weighted by Gasteiger charge is -2.10. The molecule has 4 aromatic rings. The number of methoxy groups -OCH3 is 1. The number of para-hydroxylation sites is 1. The zero-order valence-corrected chi connectivity index (χ0v) is 18.2. The molecule has 0 aliphatic rings. The second kappa shape index (κ2) is 8.23. The molecule has 0 bridgehead atoms. The molecule has 154 valence electrons. The molecule has 1 aromatic carbocycles. The normalized spacial score (nSPS) is 11.1. The highest BCUT2D eigenvalue weighted by Gasteiger charge is 2.15. The van der Waals surface area contributed by atoms with Crippen LogP contribution in [0.4, 0.5) is 5.13 Å². The number of benzene rings is 1. The molecule has 0 aliphatic heterocycles. The number of anilines is 1. The molecule has 0 saturated carbocycles. The largest absolute Gasteiger partial charge is 0.496 e. The van der Waals surface area contributed by atoms with Gasteiger partial charge < -0.3 is 10.1 Å². The van der Waals surface area contributed by atoms with Gasteiger partial charge in [0.25, 0.3) is 0 Å². The summed E-state index contributed by atoms with van der Waals surface area (Å²) in [6.07, 6.45) is 0.939. The van der Waals surface area contributed by atoms with Crippen molar-refractivity contribution >= 4 is 28.0 Å². The molecule has 0 radical (unpaired) electrons. The monoisotopic (exact) mass is 421 g/mol. The van der Waals surface area contributed by atoms with Crippen molar-refractivity contribution in [2.24, 2.45) is 0 Å². The molecule has 3 aromatic heterocycles. The lowest BCUT2D eigenvalue weighted by Crippen LogP contribution is -2.14. The van der Waals surface area contributed by atoms with Crippen molar-refractivity contribution in [1.82, 2.24) is 19.6 Å². The molecule has 8 heteroatoms. The lowest BCUT2D eigenvalue weighted by atomic mass is 10.1. The van der Waals surface area contributed by atoms with Crippen molar-refractivity contribution < 1.29 is 9.53 Å². The first kappa shape index (κ1) is 20.0. The van der Waals surface area contributed by atoms with E-state index in [9.17, 15) is 4.79 Å². The van der Waals surface area contributed by atoms with Crippen LogP contribution in [0.2, 0.25) is 0 Å². The number of hydrogen-bond acceptors (Lipinski definition) is 6. The minimum atomic E-state index is -0.0773. The second-order valence-corrected chi connectivity index (χ2v) is 7.96. The summed E-state index contributed by atoms with van der Waals surface area (Å²) in [4.78, 5) is 21.7. The zero-order valence-electron chi connectivity index (χ0n) is 17.4. The number of nitrogens with zero attached hydrogens (tertiary/aromatic N) is 4. The van der Waals surface area contributed by atoms with E-state index in [1.807, 2.05) is 61.0 Å². The van der Waals surface area contributed by atoms with Crippen molar-refractivity contribution in [3.05, 3.63) is 58.4 Å². The van der Waals surface area contributed by atoms with Crippen molar-refractivity contribution in [3.63, 3.8) is 0 Å². The Kier molecular flexibility index (Phi) is 5.50. The minimum absolute atomic E-state index is 0.0773. The number of rotatable bonds is 6. The summed E-state index contributed by atoms with van der Waals surface area (Å²) in [5.41, 5.74) is 6.44. The van der Waals surface area contributed by atoms with Crippen LogP contribution in [0.1, 0.15) is 29.1 Å². The van der Waals surface area contributed by atoms with Crippen LogP contribution in [0.3, 0.4) is 0 Å². The van der Waals surface area contributed by atoms with Gasteiger partial charge in [0.15, 0.2) is 10.8 Å². The van der Waals surface area contributed by atoms with Gasteiger partial charge in [-0.1, -0.05) is 12.1 Å².